The smallest absolute Gasteiger partial charge is 0.282 e. The van der Waals surface area contributed by atoms with Crippen LogP contribution < -0.4 is 4.90 Å². The van der Waals surface area contributed by atoms with E-state index in [1.165, 1.54) is 0 Å². The van der Waals surface area contributed by atoms with Gasteiger partial charge in [-0.25, -0.2) is 0 Å². The molecular formula is C22H34N4O3S2. The fourth-order valence-electron chi connectivity index (χ4n) is 4.58. The highest BCUT2D eigenvalue weighted by Crippen LogP contribution is 2.37. The molecule has 2 saturated heterocycles. The van der Waals surface area contributed by atoms with E-state index >= 15 is 0 Å². The Hall–Kier alpha value is -1.13. The molecule has 172 valence electrons. The summed E-state index contributed by atoms with van der Waals surface area (Å²) in [6, 6.07) is 8.14. The van der Waals surface area contributed by atoms with Crippen LogP contribution in [0.4, 0.5) is 5.69 Å². The summed E-state index contributed by atoms with van der Waals surface area (Å²) in [7, 11) is -3.39. The molecule has 1 atom stereocenters. The number of carbonyl (C=O) groups is 1. The highest BCUT2D eigenvalue weighted by atomic mass is 32.2. The van der Waals surface area contributed by atoms with Crippen molar-refractivity contribution in [2.45, 2.75) is 49.2 Å². The number of nitrogens with zero attached hydrogens (tertiary/aromatic N) is 4. The van der Waals surface area contributed by atoms with Crippen molar-refractivity contribution in [1.29, 1.82) is 0 Å². The van der Waals surface area contributed by atoms with Crippen molar-refractivity contribution in [2.24, 2.45) is 0 Å². The zero-order chi connectivity index (χ0) is 21.8. The quantitative estimate of drug-likeness (QED) is 0.683. The van der Waals surface area contributed by atoms with Gasteiger partial charge in [0.15, 0.2) is 0 Å². The third kappa shape index (κ3) is 5.45. The Bertz CT molecular complexity index is 863. The summed E-state index contributed by atoms with van der Waals surface area (Å²) in [5.41, 5.74) is 1.00. The van der Waals surface area contributed by atoms with Crippen LogP contribution in [0, 0.1) is 0 Å². The van der Waals surface area contributed by atoms with Crippen LogP contribution in [0.25, 0.3) is 0 Å². The molecule has 1 amide bonds. The lowest BCUT2D eigenvalue weighted by atomic mass is 10.2. The van der Waals surface area contributed by atoms with E-state index in [1.54, 1.807) is 8.61 Å². The largest absolute Gasteiger partial charge is 0.310 e. The minimum atomic E-state index is -3.39. The molecule has 3 aliphatic heterocycles. The van der Waals surface area contributed by atoms with Crippen LogP contribution in [0.3, 0.4) is 0 Å². The SMILES string of the molecule is CC1CCN(C(=O)CN2CCN(S(=O)(=O)N3CCCCCC3)CC2)c2ccccc2S1. The summed E-state index contributed by atoms with van der Waals surface area (Å²) < 4.78 is 29.3. The average molecular weight is 467 g/mol. The zero-order valence-corrected chi connectivity index (χ0v) is 20.0. The molecule has 3 aliphatic rings. The number of carbonyl (C=O) groups excluding carboxylic acids is 1. The lowest BCUT2D eigenvalue weighted by molar-refractivity contribution is -0.120. The van der Waals surface area contributed by atoms with Gasteiger partial charge in [-0.1, -0.05) is 31.9 Å². The van der Waals surface area contributed by atoms with Crippen molar-refractivity contribution in [3.05, 3.63) is 24.3 Å². The normalized spacial score (nSPS) is 24.9. The molecule has 9 heteroatoms. The maximum Gasteiger partial charge on any atom is 0.282 e. The van der Waals surface area contributed by atoms with Crippen LogP contribution in [0.2, 0.25) is 0 Å². The Kier molecular flexibility index (Phi) is 7.59. The summed E-state index contributed by atoms with van der Waals surface area (Å²) in [6.07, 6.45) is 5.08. The summed E-state index contributed by atoms with van der Waals surface area (Å²) in [5.74, 6) is 0.103. The number of fused-ring (bicyclic) bond motifs is 1. The first-order chi connectivity index (χ1) is 14.9. The number of hydrogen-bond acceptors (Lipinski definition) is 5. The maximum atomic E-state index is 13.2. The molecule has 2 fully saturated rings. The molecule has 31 heavy (non-hydrogen) atoms. The van der Waals surface area contributed by atoms with Crippen LogP contribution in [0.1, 0.15) is 39.0 Å². The van der Waals surface area contributed by atoms with Crippen LogP contribution >= 0.6 is 11.8 Å². The molecule has 0 radical (unpaired) electrons. The molecule has 1 aromatic carbocycles. The summed E-state index contributed by atoms with van der Waals surface area (Å²) >= 11 is 1.83. The van der Waals surface area contributed by atoms with Crippen LogP contribution in [-0.2, 0) is 15.0 Å². The molecule has 1 unspecified atom stereocenters. The van der Waals surface area contributed by atoms with Gasteiger partial charge in [0.2, 0.25) is 5.91 Å². The molecule has 3 heterocycles. The van der Waals surface area contributed by atoms with Crippen molar-refractivity contribution in [1.82, 2.24) is 13.5 Å². The van der Waals surface area contributed by atoms with E-state index in [2.05, 4.69) is 17.9 Å². The van der Waals surface area contributed by atoms with E-state index in [0.717, 1.165) is 49.2 Å². The van der Waals surface area contributed by atoms with Crippen molar-refractivity contribution in [3.63, 3.8) is 0 Å². The fraction of sp³-hybridized carbons (Fsp3) is 0.682. The van der Waals surface area contributed by atoms with Crippen LogP contribution in [-0.4, -0.2) is 85.4 Å². The van der Waals surface area contributed by atoms with Crippen LogP contribution in [0.5, 0.6) is 0 Å². The second-order valence-electron chi connectivity index (χ2n) is 8.73. The third-order valence-corrected chi connectivity index (χ3v) is 9.72. The number of para-hydroxylation sites is 1. The standard InChI is InChI=1S/C22H34N4O3S2/c1-19-10-13-26(20-8-4-5-9-21(20)30-19)22(27)18-23-14-16-25(17-15-23)31(28,29)24-11-6-2-3-7-12-24/h4-5,8-9,19H,2-3,6-7,10-18H2,1H3. The van der Waals surface area contributed by atoms with Gasteiger partial charge in [0.1, 0.15) is 0 Å². The first kappa shape index (κ1) is 23.0. The number of rotatable bonds is 4. The van der Waals surface area contributed by atoms with E-state index in [4.69, 9.17) is 0 Å². The minimum absolute atomic E-state index is 0.103. The highest BCUT2D eigenvalue weighted by molar-refractivity contribution is 8.00. The lowest BCUT2D eigenvalue weighted by Crippen LogP contribution is -2.54. The lowest BCUT2D eigenvalue weighted by Gasteiger charge is -2.37. The van der Waals surface area contributed by atoms with Gasteiger partial charge in [0, 0.05) is 56.0 Å². The van der Waals surface area contributed by atoms with E-state index in [9.17, 15) is 13.2 Å². The van der Waals surface area contributed by atoms with Gasteiger partial charge < -0.3 is 4.90 Å². The van der Waals surface area contributed by atoms with Gasteiger partial charge in [-0.15, -0.1) is 11.8 Å². The van der Waals surface area contributed by atoms with Crippen LogP contribution in [0.15, 0.2) is 29.2 Å². The molecule has 0 spiro atoms. The van der Waals surface area contributed by atoms with E-state index in [-0.39, 0.29) is 5.91 Å². The number of benzene rings is 1. The molecule has 0 aliphatic carbocycles. The fourth-order valence-corrected chi connectivity index (χ4v) is 7.36. The Morgan fingerprint density at radius 2 is 1.58 bits per heavy atom. The van der Waals surface area contributed by atoms with Crippen molar-refractivity contribution in [3.8, 4) is 0 Å². The van der Waals surface area contributed by atoms with Gasteiger partial charge in [-0.05, 0) is 31.4 Å². The third-order valence-electron chi connectivity index (χ3n) is 6.45. The minimum Gasteiger partial charge on any atom is -0.310 e. The average Bonchev–Trinajstić information content (AvgIpc) is 3.13. The molecule has 0 bridgehead atoms. The molecule has 4 rings (SSSR count). The zero-order valence-electron chi connectivity index (χ0n) is 18.4. The highest BCUT2D eigenvalue weighted by Gasteiger charge is 2.33. The molecule has 0 saturated carbocycles. The monoisotopic (exact) mass is 466 g/mol. The number of hydrogen-bond donors (Lipinski definition) is 0. The second kappa shape index (κ2) is 10.2. The van der Waals surface area contributed by atoms with Crippen molar-refractivity contribution >= 4 is 33.6 Å². The molecule has 0 N–H and O–H groups in total. The summed E-state index contributed by atoms with van der Waals surface area (Å²) in [4.78, 5) is 18.4. The van der Waals surface area contributed by atoms with E-state index in [0.29, 0.717) is 51.1 Å². The maximum absolute atomic E-state index is 13.2. The molecular weight excluding hydrogens is 432 g/mol. The van der Waals surface area contributed by atoms with Crippen molar-refractivity contribution < 1.29 is 13.2 Å². The summed E-state index contributed by atoms with van der Waals surface area (Å²) in [6.45, 7) is 6.64. The van der Waals surface area contributed by atoms with Crippen molar-refractivity contribution in [2.75, 3.05) is 57.3 Å². The van der Waals surface area contributed by atoms with Gasteiger partial charge in [0.05, 0.1) is 12.2 Å². The molecule has 0 aromatic heterocycles. The Labute approximate surface area is 190 Å². The Balaban J connectivity index is 1.35. The molecule has 7 nitrogen and oxygen atoms in total. The van der Waals surface area contributed by atoms with Gasteiger partial charge >= 0.3 is 0 Å². The van der Waals surface area contributed by atoms with Gasteiger partial charge in [-0.2, -0.15) is 17.0 Å². The summed E-state index contributed by atoms with van der Waals surface area (Å²) in [5, 5.41) is 0.478. The number of piperazine rings is 1. The number of amides is 1. The molecule has 1 aromatic rings. The predicted octanol–water partition coefficient (Wildman–Crippen LogP) is 2.64. The predicted molar refractivity (Wildman–Crippen MR) is 126 cm³/mol. The Morgan fingerprint density at radius 3 is 2.29 bits per heavy atom. The second-order valence-corrected chi connectivity index (χ2v) is 12.1. The number of thioether (sulfide) groups is 1. The van der Waals surface area contributed by atoms with E-state index in [1.807, 2.05) is 34.9 Å². The Morgan fingerprint density at radius 1 is 0.935 bits per heavy atom. The topological polar surface area (TPSA) is 64.2 Å². The first-order valence-corrected chi connectivity index (χ1v) is 13.8. The van der Waals surface area contributed by atoms with Gasteiger partial charge in [0.25, 0.3) is 10.2 Å². The number of anilines is 1. The van der Waals surface area contributed by atoms with E-state index < -0.39 is 10.2 Å². The first-order valence-electron chi connectivity index (χ1n) is 11.5. The van der Waals surface area contributed by atoms with Gasteiger partial charge in [-0.3, -0.25) is 9.69 Å².